The molecule has 0 aliphatic carbocycles. The quantitative estimate of drug-likeness (QED) is 0.0626. The molecule has 0 aromatic rings. The summed E-state index contributed by atoms with van der Waals surface area (Å²) in [6.45, 7) is 4.96. The van der Waals surface area contributed by atoms with Gasteiger partial charge in [0.05, 0.1) is 6.10 Å². The smallest absolute Gasteiger partial charge is 0.220 e. The Bertz CT molecular complexity index is 666. The van der Waals surface area contributed by atoms with E-state index in [9.17, 15) is 14.7 Å². The van der Waals surface area contributed by atoms with E-state index in [2.05, 4.69) is 19.2 Å². The number of Topliss-reactive ketones (excluding diaryl/α,β-unsaturated/α-hetero) is 1. The topological polar surface area (TPSA) is 66.4 Å². The van der Waals surface area contributed by atoms with E-state index in [-0.39, 0.29) is 5.91 Å². The first kappa shape index (κ1) is 48.1. The second-order valence-electron chi connectivity index (χ2n) is 15.7. The number of ketones is 1. The second kappa shape index (κ2) is 41.5. The van der Waals surface area contributed by atoms with Gasteiger partial charge in [-0.2, -0.15) is 0 Å². The maximum atomic E-state index is 12.2. The summed E-state index contributed by atoms with van der Waals surface area (Å²) < 4.78 is 0. The molecule has 0 aliphatic rings. The minimum Gasteiger partial charge on any atom is -0.391 e. The Morgan fingerprint density at radius 1 is 0.388 bits per heavy atom. The molecule has 1 atom stereocenters. The van der Waals surface area contributed by atoms with Gasteiger partial charge in [0.25, 0.3) is 0 Å². The first-order valence-corrected chi connectivity index (χ1v) is 22.6. The fourth-order valence-corrected chi connectivity index (χ4v) is 7.13. The summed E-state index contributed by atoms with van der Waals surface area (Å²) in [5.74, 6) is 0.561. The van der Waals surface area contributed by atoms with Crippen LogP contribution < -0.4 is 5.32 Å². The molecule has 0 unspecified atom stereocenters. The maximum absolute atomic E-state index is 12.2. The molecule has 49 heavy (non-hydrogen) atoms. The molecule has 0 spiro atoms. The minimum absolute atomic E-state index is 0.0869. The Kier molecular flexibility index (Phi) is 40.8. The summed E-state index contributed by atoms with van der Waals surface area (Å²) in [6, 6.07) is 0. The van der Waals surface area contributed by atoms with Gasteiger partial charge in [-0.1, -0.05) is 219 Å². The lowest BCUT2D eigenvalue weighted by atomic mass is 10.0. The Labute approximate surface area is 307 Å². The van der Waals surface area contributed by atoms with Crippen LogP contribution in [0.1, 0.15) is 264 Å². The molecule has 0 radical (unpaired) electrons. The van der Waals surface area contributed by atoms with E-state index in [0.29, 0.717) is 18.7 Å². The largest absolute Gasteiger partial charge is 0.391 e. The molecule has 1 amide bonds. The Balaban J connectivity index is 3.32. The highest BCUT2D eigenvalue weighted by Crippen LogP contribution is 2.16. The van der Waals surface area contributed by atoms with Gasteiger partial charge < -0.3 is 10.4 Å². The van der Waals surface area contributed by atoms with Crippen molar-refractivity contribution in [3.05, 3.63) is 0 Å². The summed E-state index contributed by atoms with van der Waals surface area (Å²) in [4.78, 5) is 24.3. The van der Waals surface area contributed by atoms with Gasteiger partial charge in [0.15, 0.2) is 0 Å². The van der Waals surface area contributed by atoms with Crippen LogP contribution in [0.2, 0.25) is 0 Å². The molecule has 0 aromatic carbocycles. The van der Waals surface area contributed by atoms with Crippen molar-refractivity contribution in [2.75, 3.05) is 6.54 Å². The van der Waals surface area contributed by atoms with Gasteiger partial charge in [-0.25, -0.2) is 0 Å². The first-order valence-electron chi connectivity index (χ1n) is 22.6. The fourth-order valence-electron chi connectivity index (χ4n) is 7.13. The van der Waals surface area contributed by atoms with Crippen molar-refractivity contribution in [2.45, 2.75) is 270 Å². The van der Waals surface area contributed by atoms with Gasteiger partial charge in [-0.05, 0) is 25.7 Å². The average molecular weight is 692 g/mol. The molecule has 0 saturated heterocycles. The van der Waals surface area contributed by atoms with Crippen molar-refractivity contribution >= 4 is 11.7 Å². The van der Waals surface area contributed by atoms with Crippen molar-refractivity contribution in [3.63, 3.8) is 0 Å². The van der Waals surface area contributed by atoms with E-state index in [4.69, 9.17) is 0 Å². The molecule has 0 aromatic heterocycles. The van der Waals surface area contributed by atoms with Crippen molar-refractivity contribution < 1.29 is 14.7 Å². The van der Waals surface area contributed by atoms with E-state index in [1.165, 1.54) is 193 Å². The molecule has 292 valence electrons. The summed E-state index contributed by atoms with van der Waals surface area (Å²) in [6.07, 6.45) is 48.1. The third-order valence-corrected chi connectivity index (χ3v) is 10.6. The normalized spacial score (nSPS) is 12.1. The molecular weight excluding hydrogens is 602 g/mol. The zero-order chi connectivity index (χ0) is 35.7. The number of carbonyl (C=O) groups is 2. The zero-order valence-electron chi connectivity index (χ0n) is 33.6. The Morgan fingerprint density at radius 2 is 0.653 bits per heavy atom. The number of hydrogen-bond acceptors (Lipinski definition) is 3. The number of hydrogen-bond donors (Lipinski definition) is 2. The first-order chi connectivity index (χ1) is 24.1. The highest BCUT2D eigenvalue weighted by molar-refractivity contribution is 5.78. The lowest BCUT2D eigenvalue weighted by Crippen LogP contribution is -2.31. The molecular formula is C45H89NO3. The second-order valence-corrected chi connectivity index (χ2v) is 15.7. The Morgan fingerprint density at radius 3 is 0.980 bits per heavy atom. The van der Waals surface area contributed by atoms with Crippen molar-refractivity contribution in [1.29, 1.82) is 0 Å². The zero-order valence-corrected chi connectivity index (χ0v) is 33.6. The van der Waals surface area contributed by atoms with Gasteiger partial charge in [-0.15, -0.1) is 0 Å². The van der Waals surface area contributed by atoms with Crippen LogP contribution in [0, 0.1) is 0 Å². The summed E-state index contributed by atoms with van der Waals surface area (Å²) in [7, 11) is 0. The summed E-state index contributed by atoms with van der Waals surface area (Å²) >= 11 is 0. The van der Waals surface area contributed by atoms with Crippen molar-refractivity contribution in [2.24, 2.45) is 0 Å². The number of amides is 1. The maximum Gasteiger partial charge on any atom is 0.220 e. The van der Waals surface area contributed by atoms with Crippen LogP contribution in [0.4, 0.5) is 0 Å². The summed E-state index contributed by atoms with van der Waals surface area (Å²) in [5, 5.41) is 13.2. The predicted molar refractivity (Wildman–Crippen MR) is 215 cm³/mol. The molecule has 2 N–H and O–H groups in total. The standard InChI is InChI=1S/C45H89NO3/c1-3-5-7-9-11-13-15-16-17-18-19-21-23-28-32-36-40-44(48)42-46-45(49)41-37-33-29-25-24-27-31-35-39-43(47)38-34-30-26-22-20-14-12-10-8-6-4-2/h44,48H,3-42H2,1-2H3,(H,46,49)/t44-/m0/s1. The van der Waals surface area contributed by atoms with Crippen LogP contribution in [-0.4, -0.2) is 29.4 Å². The van der Waals surface area contributed by atoms with E-state index in [1.54, 1.807) is 0 Å². The van der Waals surface area contributed by atoms with Crippen LogP contribution >= 0.6 is 0 Å². The van der Waals surface area contributed by atoms with E-state index in [1.807, 2.05) is 0 Å². The SMILES string of the molecule is CCCCCCCCCCCCCCCCCC[C@H](O)CNC(=O)CCCCCCCCCCC(=O)CCCCCCCCCCCCC. The highest BCUT2D eigenvalue weighted by atomic mass is 16.3. The monoisotopic (exact) mass is 692 g/mol. The molecule has 0 saturated carbocycles. The van der Waals surface area contributed by atoms with Crippen LogP contribution in [0.5, 0.6) is 0 Å². The van der Waals surface area contributed by atoms with Gasteiger partial charge in [0.1, 0.15) is 5.78 Å². The summed E-state index contributed by atoms with van der Waals surface area (Å²) in [5.41, 5.74) is 0. The lowest BCUT2D eigenvalue weighted by Gasteiger charge is -2.12. The third kappa shape index (κ3) is 41.4. The number of unbranched alkanes of at least 4 members (excludes halogenated alkanes) is 32. The van der Waals surface area contributed by atoms with Crippen LogP contribution in [0.3, 0.4) is 0 Å². The highest BCUT2D eigenvalue weighted by Gasteiger charge is 2.07. The molecule has 0 heterocycles. The fraction of sp³-hybridized carbons (Fsp3) is 0.956. The predicted octanol–water partition coefficient (Wildman–Crippen LogP) is 14.3. The number of nitrogens with one attached hydrogen (secondary N) is 1. The van der Waals surface area contributed by atoms with Gasteiger partial charge in [-0.3, -0.25) is 9.59 Å². The Hall–Kier alpha value is -0.900. The van der Waals surface area contributed by atoms with Gasteiger partial charge in [0.2, 0.25) is 5.91 Å². The molecule has 0 fully saturated rings. The third-order valence-electron chi connectivity index (χ3n) is 10.6. The number of rotatable bonds is 42. The van der Waals surface area contributed by atoms with Gasteiger partial charge >= 0.3 is 0 Å². The molecule has 0 bridgehead atoms. The lowest BCUT2D eigenvalue weighted by molar-refractivity contribution is -0.121. The number of carbonyl (C=O) groups excluding carboxylic acids is 2. The van der Waals surface area contributed by atoms with Crippen molar-refractivity contribution in [1.82, 2.24) is 5.32 Å². The average Bonchev–Trinajstić information content (AvgIpc) is 3.10. The van der Waals surface area contributed by atoms with E-state index < -0.39 is 6.10 Å². The van der Waals surface area contributed by atoms with Crippen LogP contribution in [0.25, 0.3) is 0 Å². The number of aliphatic hydroxyl groups is 1. The molecule has 0 aliphatic heterocycles. The molecule has 4 heteroatoms. The number of aliphatic hydroxyl groups excluding tert-OH is 1. The van der Waals surface area contributed by atoms with E-state index in [0.717, 1.165) is 51.4 Å². The molecule has 0 rings (SSSR count). The van der Waals surface area contributed by atoms with Crippen LogP contribution in [-0.2, 0) is 9.59 Å². The minimum atomic E-state index is -0.407. The van der Waals surface area contributed by atoms with E-state index >= 15 is 0 Å². The molecule has 4 nitrogen and oxygen atoms in total. The van der Waals surface area contributed by atoms with Gasteiger partial charge in [0, 0.05) is 25.8 Å². The van der Waals surface area contributed by atoms with Crippen LogP contribution in [0.15, 0.2) is 0 Å². The van der Waals surface area contributed by atoms with Crippen molar-refractivity contribution in [3.8, 4) is 0 Å².